The molecule has 168 valence electrons. The Kier molecular flexibility index (Phi) is 8.04. The van der Waals surface area contributed by atoms with Crippen LogP contribution in [0.25, 0.3) is 0 Å². The Morgan fingerprint density at radius 2 is 1.61 bits per heavy atom. The summed E-state index contributed by atoms with van der Waals surface area (Å²) in [7, 11) is -2.67. The van der Waals surface area contributed by atoms with E-state index in [9.17, 15) is 18.0 Å². The van der Waals surface area contributed by atoms with Crippen molar-refractivity contribution in [2.45, 2.75) is 32.6 Å². The number of ether oxygens (including phenoxy) is 3. The van der Waals surface area contributed by atoms with E-state index >= 15 is 0 Å². The van der Waals surface area contributed by atoms with E-state index in [0.717, 1.165) is 4.31 Å². The lowest BCUT2D eigenvalue weighted by Gasteiger charge is -2.26. The second kappa shape index (κ2) is 10.3. The zero-order chi connectivity index (χ0) is 23.2. The van der Waals surface area contributed by atoms with E-state index in [1.54, 1.807) is 45.9 Å². The molecule has 0 aliphatic heterocycles. The molecule has 0 heterocycles. The zero-order valence-corrected chi connectivity index (χ0v) is 19.1. The number of anilines is 1. The van der Waals surface area contributed by atoms with Crippen molar-refractivity contribution >= 4 is 27.6 Å². The molecule has 0 atom stereocenters. The quantitative estimate of drug-likeness (QED) is 0.542. The van der Waals surface area contributed by atoms with Crippen molar-refractivity contribution in [2.75, 3.05) is 31.2 Å². The van der Waals surface area contributed by atoms with Gasteiger partial charge in [0.05, 0.1) is 36.5 Å². The third-order valence-electron chi connectivity index (χ3n) is 4.52. The lowest BCUT2D eigenvalue weighted by molar-refractivity contribution is -0.141. The van der Waals surface area contributed by atoms with Gasteiger partial charge in [0.25, 0.3) is 10.0 Å². The average molecular weight is 450 g/mol. The topological polar surface area (TPSA) is 99.2 Å². The summed E-state index contributed by atoms with van der Waals surface area (Å²) in [4.78, 5) is 24.4. The first-order valence-electron chi connectivity index (χ1n) is 9.76. The maximum atomic E-state index is 13.5. The second-order valence-corrected chi connectivity index (χ2v) is 8.53. The van der Waals surface area contributed by atoms with E-state index in [0.29, 0.717) is 16.9 Å². The Morgan fingerprint density at radius 1 is 0.935 bits per heavy atom. The second-order valence-electron chi connectivity index (χ2n) is 6.67. The lowest BCUT2D eigenvalue weighted by atomic mass is 10.1. The van der Waals surface area contributed by atoms with E-state index in [2.05, 4.69) is 0 Å². The predicted molar refractivity (Wildman–Crippen MR) is 116 cm³/mol. The first kappa shape index (κ1) is 24.2. The predicted octanol–water partition coefficient (Wildman–Crippen LogP) is 3.25. The van der Waals surface area contributed by atoms with Crippen LogP contribution in [0.15, 0.2) is 41.3 Å². The highest BCUT2D eigenvalue weighted by Gasteiger charge is 2.30. The number of hydrogen-bond donors (Lipinski definition) is 0. The van der Waals surface area contributed by atoms with Gasteiger partial charge in [0.15, 0.2) is 0 Å². The number of benzene rings is 2. The minimum Gasteiger partial charge on any atom is -0.496 e. The highest BCUT2D eigenvalue weighted by molar-refractivity contribution is 7.92. The molecule has 0 saturated heterocycles. The van der Waals surface area contributed by atoms with Crippen molar-refractivity contribution in [1.29, 1.82) is 0 Å². The number of carbonyl (C=O) groups is 2. The molecule has 2 aromatic carbocycles. The molecular weight excluding hydrogens is 422 g/mol. The fourth-order valence-electron chi connectivity index (χ4n) is 2.98. The Hall–Kier alpha value is -3.07. The van der Waals surface area contributed by atoms with Crippen molar-refractivity contribution in [3.8, 4) is 5.75 Å². The SMILES string of the molecule is CCOC(=O)CN(c1cc(C(=O)OCC)ccc1C)S(=O)(=O)c1ccc(OC)c(C)c1. The molecule has 31 heavy (non-hydrogen) atoms. The van der Waals surface area contributed by atoms with Gasteiger partial charge in [0.2, 0.25) is 0 Å². The third-order valence-corrected chi connectivity index (χ3v) is 6.28. The van der Waals surface area contributed by atoms with Crippen LogP contribution >= 0.6 is 0 Å². The number of nitrogens with zero attached hydrogens (tertiary/aromatic N) is 1. The Morgan fingerprint density at radius 3 is 2.19 bits per heavy atom. The van der Waals surface area contributed by atoms with Crippen molar-refractivity contribution in [1.82, 2.24) is 0 Å². The molecule has 0 saturated carbocycles. The summed E-state index contributed by atoms with van der Waals surface area (Å²) in [5.41, 5.74) is 1.55. The van der Waals surface area contributed by atoms with Crippen molar-refractivity contribution < 1.29 is 32.2 Å². The van der Waals surface area contributed by atoms with E-state index in [4.69, 9.17) is 14.2 Å². The highest BCUT2D eigenvalue weighted by atomic mass is 32.2. The molecule has 0 radical (unpaired) electrons. The average Bonchev–Trinajstić information content (AvgIpc) is 2.72. The summed E-state index contributed by atoms with van der Waals surface area (Å²) in [6.45, 7) is 6.46. The monoisotopic (exact) mass is 449 g/mol. The molecule has 0 aromatic heterocycles. The Balaban J connectivity index is 2.63. The first-order valence-corrected chi connectivity index (χ1v) is 11.2. The number of sulfonamides is 1. The number of hydrogen-bond acceptors (Lipinski definition) is 7. The number of methoxy groups -OCH3 is 1. The Labute approximate surface area is 182 Å². The normalized spacial score (nSPS) is 11.0. The fourth-order valence-corrected chi connectivity index (χ4v) is 4.53. The van der Waals surface area contributed by atoms with Gasteiger partial charge in [-0.25, -0.2) is 13.2 Å². The van der Waals surface area contributed by atoms with Crippen LogP contribution in [0.5, 0.6) is 5.75 Å². The number of esters is 2. The molecule has 8 nitrogen and oxygen atoms in total. The van der Waals surface area contributed by atoms with Gasteiger partial charge in [-0.1, -0.05) is 6.07 Å². The summed E-state index contributed by atoms with van der Waals surface area (Å²) in [6, 6.07) is 8.98. The van der Waals surface area contributed by atoms with Crippen LogP contribution in [0, 0.1) is 13.8 Å². The van der Waals surface area contributed by atoms with Gasteiger partial charge in [0, 0.05) is 0 Å². The maximum Gasteiger partial charge on any atom is 0.338 e. The van der Waals surface area contributed by atoms with E-state index in [1.807, 2.05) is 0 Å². The molecular formula is C22H27NO7S. The largest absolute Gasteiger partial charge is 0.496 e. The molecule has 0 unspecified atom stereocenters. The molecule has 2 aromatic rings. The standard InChI is InChI=1S/C22H27NO7S/c1-6-29-21(24)14-23(19-13-17(9-8-15(19)3)22(25)30-7-2)31(26,27)18-10-11-20(28-5)16(4)12-18/h8-13H,6-7,14H2,1-5H3. The number of rotatable bonds is 9. The first-order chi connectivity index (χ1) is 14.6. The summed E-state index contributed by atoms with van der Waals surface area (Å²) < 4.78 is 43.2. The van der Waals surface area contributed by atoms with Crippen molar-refractivity contribution in [3.05, 3.63) is 53.1 Å². The van der Waals surface area contributed by atoms with Crippen LogP contribution in [0.4, 0.5) is 5.69 Å². The van der Waals surface area contributed by atoms with E-state index < -0.39 is 28.5 Å². The van der Waals surface area contributed by atoms with Crippen LogP contribution < -0.4 is 9.04 Å². The highest BCUT2D eigenvalue weighted by Crippen LogP contribution is 2.30. The van der Waals surface area contributed by atoms with Gasteiger partial charge < -0.3 is 14.2 Å². The zero-order valence-electron chi connectivity index (χ0n) is 18.3. The summed E-state index contributed by atoms with van der Waals surface area (Å²) in [5, 5.41) is 0. The molecule has 9 heteroatoms. The fraction of sp³-hybridized carbons (Fsp3) is 0.364. The van der Waals surface area contributed by atoms with Gasteiger partial charge in [-0.2, -0.15) is 0 Å². The molecule has 0 aliphatic rings. The molecule has 0 N–H and O–H groups in total. The lowest BCUT2D eigenvalue weighted by Crippen LogP contribution is -2.37. The Bertz CT molecular complexity index is 1060. The third kappa shape index (κ3) is 5.55. The van der Waals surface area contributed by atoms with Crippen LogP contribution in [0.3, 0.4) is 0 Å². The van der Waals surface area contributed by atoms with Crippen LogP contribution in [0.2, 0.25) is 0 Å². The minimum absolute atomic E-state index is 0.0176. The van der Waals surface area contributed by atoms with Crippen molar-refractivity contribution in [2.24, 2.45) is 0 Å². The van der Waals surface area contributed by atoms with Crippen molar-refractivity contribution in [3.63, 3.8) is 0 Å². The molecule has 0 spiro atoms. The van der Waals surface area contributed by atoms with Gasteiger partial charge in [-0.05, 0) is 69.2 Å². The van der Waals surface area contributed by atoms with Gasteiger partial charge in [-0.3, -0.25) is 9.10 Å². The molecule has 2 rings (SSSR count). The minimum atomic E-state index is -4.17. The van der Waals surface area contributed by atoms with E-state index in [-0.39, 0.29) is 29.4 Å². The van der Waals surface area contributed by atoms with Crippen LogP contribution in [-0.2, 0) is 24.3 Å². The van der Waals surface area contributed by atoms with Crippen LogP contribution in [-0.4, -0.2) is 47.2 Å². The van der Waals surface area contributed by atoms with E-state index in [1.165, 1.54) is 25.3 Å². The van der Waals surface area contributed by atoms with Gasteiger partial charge in [0.1, 0.15) is 12.3 Å². The number of carbonyl (C=O) groups excluding carboxylic acids is 2. The summed E-state index contributed by atoms with van der Waals surface area (Å²) in [5.74, 6) is -0.758. The number of aryl methyl sites for hydroxylation is 2. The molecule has 0 bridgehead atoms. The molecule has 0 amide bonds. The van der Waals surface area contributed by atoms with Crippen LogP contribution in [0.1, 0.15) is 35.3 Å². The molecule has 0 aliphatic carbocycles. The van der Waals surface area contributed by atoms with Gasteiger partial charge >= 0.3 is 11.9 Å². The smallest absolute Gasteiger partial charge is 0.338 e. The maximum absolute atomic E-state index is 13.5. The summed E-state index contributed by atoms with van der Waals surface area (Å²) >= 11 is 0. The van der Waals surface area contributed by atoms with Gasteiger partial charge in [-0.15, -0.1) is 0 Å². The molecule has 0 fully saturated rings. The summed E-state index contributed by atoms with van der Waals surface area (Å²) in [6.07, 6.45) is 0.